The molecule has 0 aliphatic carbocycles. The van der Waals surface area contributed by atoms with Crippen molar-refractivity contribution in [3.63, 3.8) is 0 Å². The molecule has 6 nitrogen and oxygen atoms in total. The van der Waals surface area contributed by atoms with Gasteiger partial charge in [-0.2, -0.15) is 5.06 Å². The predicted octanol–water partition coefficient (Wildman–Crippen LogP) is 2.04. The molecule has 116 valence electrons. The molecule has 0 spiro atoms. The minimum atomic E-state index is -0.276. The lowest BCUT2D eigenvalue weighted by Crippen LogP contribution is -2.37. The summed E-state index contributed by atoms with van der Waals surface area (Å²) >= 11 is 5.96. The van der Waals surface area contributed by atoms with Crippen LogP contribution in [0.4, 0.5) is 5.69 Å². The van der Waals surface area contributed by atoms with Crippen molar-refractivity contribution < 1.29 is 14.4 Å². The third kappa shape index (κ3) is 4.23. The highest BCUT2D eigenvalue weighted by Gasteiger charge is 2.16. The van der Waals surface area contributed by atoms with Crippen LogP contribution in [0.2, 0.25) is 5.02 Å². The first-order valence-corrected chi connectivity index (χ1v) is 7.28. The van der Waals surface area contributed by atoms with Gasteiger partial charge in [-0.05, 0) is 25.3 Å². The van der Waals surface area contributed by atoms with Crippen molar-refractivity contribution >= 4 is 23.2 Å². The summed E-state index contributed by atoms with van der Waals surface area (Å²) in [5.74, 6) is 0.118. The smallest absolute Gasteiger partial charge is 0.256 e. The Bertz CT molecular complexity index is 502. The van der Waals surface area contributed by atoms with Crippen LogP contribution in [0.5, 0.6) is 5.75 Å². The molecule has 0 aromatic heterocycles. The lowest BCUT2D eigenvalue weighted by Gasteiger charge is -2.20. The summed E-state index contributed by atoms with van der Waals surface area (Å²) in [5, 5.41) is 4.89. The number of anilines is 1. The summed E-state index contributed by atoms with van der Waals surface area (Å²) in [4.78, 5) is 17.8. The fourth-order valence-electron chi connectivity index (χ4n) is 2.12. The first kappa shape index (κ1) is 15.9. The molecule has 0 radical (unpaired) electrons. The van der Waals surface area contributed by atoms with Crippen LogP contribution in [0.25, 0.3) is 0 Å². The molecule has 3 N–H and O–H groups in total. The number of hydrogen-bond acceptors (Lipinski definition) is 5. The molecular weight excluding hydrogens is 294 g/mol. The Hall–Kier alpha value is -1.50. The maximum atomic E-state index is 12.2. The van der Waals surface area contributed by atoms with E-state index >= 15 is 0 Å². The Kier molecular flexibility index (Phi) is 5.67. The van der Waals surface area contributed by atoms with Crippen molar-refractivity contribution in [3.05, 3.63) is 22.7 Å². The van der Waals surface area contributed by atoms with Gasteiger partial charge >= 0.3 is 0 Å². The standard InChI is InChI=1S/C14H20ClN3O3/c1-20-13-8-12(16)11(15)7-10(13)14(19)17-9-18-5-3-2-4-6-21-18/h7-8H,2-6,9,16H2,1H3,(H,17,19). The van der Waals surface area contributed by atoms with Gasteiger partial charge in [-0.3, -0.25) is 9.63 Å². The second-order valence-corrected chi connectivity index (χ2v) is 5.24. The Morgan fingerprint density at radius 3 is 3.05 bits per heavy atom. The van der Waals surface area contributed by atoms with Gasteiger partial charge in [0.15, 0.2) is 0 Å². The molecule has 1 amide bonds. The van der Waals surface area contributed by atoms with Gasteiger partial charge in [0.05, 0.1) is 36.7 Å². The van der Waals surface area contributed by atoms with Gasteiger partial charge in [0.1, 0.15) is 5.75 Å². The number of carbonyl (C=O) groups excluding carboxylic acids is 1. The fourth-order valence-corrected chi connectivity index (χ4v) is 2.28. The van der Waals surface area contributed by atoms with E-state index < -0.39 is 0 Å². The summed E-state index contributed by atoms with van der Waals surface area (Å²) < 4.78 is 5.17. The normalized spacial score (nSPS) is 16.3. The van der Waals surface area contributed by atoms with Crippen molar-refractivity contribution in [2.24, 2.45) is 0 Å². The van der Waals surface area contributed by atoms with Crippen LogP contribution in [0.3, 0.4) is 0 Å². The number of nitrogen functional groups attached to an aromatic ring is 1. The molecule has 1 fully saturated rings. The summed E-state index contributed by atoms with van der Waals surface area (Å²) in [5.41, 5.74) is 6.43. The molecule has 2 rings (SSSR count). The van der Waals surface area contributed by atoms with Gasteiger partial charge in [0, 0.05) is 12.6 Å². The molecular formula is C14H20ClN3O3. The van der Waals surface area contributed by atoms with Gasteiger partial charge in [-0.1, -0.05) is 11.6 Å². The molecule has 0 bridgehead atoms. The van der Waals surface area contributed by atoms with Gasteiger partial charge in [0.25, 0.3) is 5.91 Å². The lowest BCUT2D eigenvalue weighted by molar-refractivity contribution is -0.154. The van der Waals surface area contributed by atoms with Crippen molar-refractivity contribution in [1.82, 2.24) is 10.4 Å². The average Bonchev–Trinajstić information content (AvgIpc) is 2.75. The number of halogens is 1. The number of benzene rings is 1. The summed E-state index contributed by atoms with van der Waals surface area (Å²) in [7, 11) is 1.48. The number of ether oxygens (including phenoxy) is 1. The Morgan fingerprint density at radius 1 is 1.48 bits per heavy atom. The SMILES string of the molecule is COc1cc(N)c(Cl)cc1C(=O)NCN1CCCCCO1. The number of methoxy groups -OCH3 is 1. The van der Waals surface area contributed by atoms with Crippen LogP contribution in [-0.2, 0) is 4.84 Å². The van der Waals surface area contributed by atoms with Gasteiger partial charge in [0.2, 0.25) is 0 Å². The third-order valence-corrected chi connectivity index (χ3v) is 3.63. The second kappa shape index (κ2) is 7.49. The number of nitrogens with two attached hydrogens (primary N) is 1. The number of nitrogens with one attached hydrogen (secondary N) is 1. The Labute approximate surface area is 129 Å². The zero-order chi connectivity index (χ0) is 15.2. The van der Waals surface area contributed by atoms with Crippen molar-refractivity contribution in [2.75, 3.05) is 32.7 Å². The quantitative estimate of drug-likeness (QED) is 0.832. The van der Waals surface area contributed by atoms with E-state index in [0.29, 0.717) is 35.3 Å². The number of carbonyl (C=O) groups is 1. The zero-order valence-corrected chi connectivity index (χ0v) is 12.8. The molecule has 1 aliphatic rings. The molecule has 7 heteroatoms. The zero-order valence-electron chi connectivity index (χ0n) is 12.0. The highest BCUT2D eigenvalue weighted by atomic mass is 35.5. The number of hydroxylamine groups is 2. The highest BCUT2D eigenvalue weighted by Crippen LogP contribution is 2.28. The largest absolute Gasteiger partial charge is 0.496 e. The maximum absolute atomic E-state index is 12.2. The third-order valence-electron chi connectivity index (χ3n) is 3.31. The van der Waals surface area contributed by atoms with Crippen LogP contribution in [0.15, 0.2) is 12.1 Å². The first-order chi connectivity index (χ1) is 10.1. The summed E-state index contributed by atoms with van der Waals surface area (Å²) in [6.45, 7) is 1.82. The van der Waals surface area contributed by atoms with E-state index in [1.54, 1.807) is 11.1 Å². The Morgan fingerprint density at radius 2 is 2.29 bits per heavy atom. The van der Waals surface area contributed by atoms with E-state index in [9.17, 15) is 4.79 Å². The number of amides is 1. The summed E-state index contributed by atoms with van der Waals surface area (Å²) in [6.07, 6.45) is 3.25. The van der Waals surface area contributed by atoms with Gasteiger partial charge < -0.3 is 15.8 Å². The van der Waals surface area contributed by atoms with Gasteiger partial charge in [-0.15, -0.1) is 0 Å². The minimum Gasteiger partial charge on any atom is -0.496 e. The van der Waals surface area contributed by atoms with E-state index in [4.69, 9.17) is 26.9 Å². The van der Waals surface area contributed by atoms with Crippen molar-refractivity contribution in [3.8, 4) is 5.75 Å². The molecule has 1 saturated heterocycles. The van der Waals surface area contributed by atoms with E-state index in [1.165, 1.54) is 13.2 Å². The molecule has 1 aromatic carbocycles. The van der Waals surface area contributed by atoms with Crippen LogP contribution < -0.4 is 15.8 Å². The van der Waals surface area contributed by atoms with E-state index in [1.807, 2.05) is 0 Å². The molecule has 0 unspecified atom stereocenters. The Balaban J connectivity index is 2.01. The predicted molar refractivity (Wildman–Crippen MR) is 81.3 cm³/mol. The van der Waals surface area contributed by atoms with E-state index in [-0.39, 0.29) is 5.91 Å². The van der Waals surface area contributed by atoms with E-state index in [0.717, 1.165) is 25.8 Å². The topological polar surface area (TPSA) is 76.8 Å². The lowest BCUT2D eigenvalue weighted by atomic mass is 10.1. The minimum absolute atomic E-state index is 0.276. The maximum Gasteiger partial charge on any atom is 0.256 e. The molecule has 1 aliphatic heterocycles. The number of hydrogen-bond donors (Lipinski definition) is 2. The fraction of sp³-hybridized carbons (Fsp3) is 0.500. The molecule has 1 heterocycles. The molecule has 0 atom stereocenters. The van der Waals surface area contributed by atoms with Gasteiger partial charge in [-0.25, -0.2) is 0 Å². The van der Waals surface area contributed by atoms with Crippen LogP contribution in [0, 0.1) is 0 Å². The first-order valence-electron chi connectivity index (χ1n) is 6.91. The van der Waals surface area contributed by atoms with Crippen molar-refractivity contribution in [1.29, 1.82) is 0 Å². The molecule has 0 saturated carbocycles. The van der Waals surface area contributed by atoms with Crippen LogP contribution >= 0.6 is 11.6 Å². The monoisotopic (exact) mass is 313 g/mol. The summed E-state index contributed by atoms with van der Waals surface area (Å²) in [6, 6.07) is 3.05. The number of rotatable bonds is 4. The second-order valence-electron chi connectivity index (χ2n) is 4.84. The van der Waals surface area contributed by atoms with Crippen LogP contribution in [-0.4, -0.2) is 37.9 Å². The molecule has 1 aromatic rings. The molecule has 21 heavy (non-hydrogen) atoms. The van der Waals surface area contributed by atoms with E-state index in [2.05, 4.69) is 5.32 Å². The van der Waals surface area contributed by atoms with Crippen LogP contribution in [0.1, 0.15) is 29.6 Å². The number of nitrogens with zero attached hydrogens (tertiary/aromatic N) is 1. The average molecular weight is 314 g/mol. The van der Waals surface area contributed by atoms with Crippen molar-refractivity contribution in [2.45, 2.75) is 19.3 Å². The highest BCUT2D eigenvalue weighted by molar-refractivity contribution is 6.33.